The molecule has 0 atom stereocenters. The predicted molar refractivity (Wildman–Crippen MR) is 121 cm³/mol. The van der Waals surface area contributed by atoms with Crippen LogP contribution in [0.2, 0.25) is 0 Å². The van der Waals surface area contributed by atoms with Crippen LogP contribution < -0.4 is 0 Å². The number of nitrogens with zero attached hydrogens (tertiary/aromatic N) is 2. The van der Waals surface area contributed by atoms with Gasteiger partial charge in [0.15, 0.2) is 0 Å². The minimum atomic E-state index is 0.678. The molecule has 0 unspecified atom stereocenters. The molecule has 5 aromatic rings. The molecule has 0 saturated heterocycles. The average molecular weight is 370 g/mol. The highest BCUT2D eigenvalue weighted by Crippen LogP contribution is 2.31. The Morgan fingerprint density at radius 2 is 1.07 bits per heavy atom. The molecule has 0 saturated carbocycles. The summed E-state index contributed by atoms with van der Waals surface area (Å²) in [6.07, 6.45) is 4.16. The third kappa shape index (κ3) is 3.09. The number of benzene rings is 4. The van der Waals surface area contributed by atoms with Crippen LogP contribution in [0.1, 0.15) is 16.7 Å². The Morgan fingerprint density at radius 3 is 1.59 bits per heavy atom. The largest absolute Gasteiger partial charge is 0.309 e. The Labute approximate surface area is 169 Å². The zero-order valence-corrected chi connectivity index (χ0v) is 15.8. The fraction of sp³-hybridized carbons (Fsp3) is 0. The van der Waals surface area contributed by atoms with Gasteiger partial charge in [0.05, 0.1) is 22.7 Å². The highest BCUT2D eigenvalue weighted by molar-refractivity contribution is 6.09. The van der Waals surface area contributed by atoms with Crippen molar-refractivity contribution in [3.63, 3.8) is 0 Å². The molecule has 0 bridgehead atoms. The van der Waals surface area contributed by atoms with E-state index in [1.54, 1.807) is 0 Å². The van der Waals surface area contributed by atoms with Gasteiger partial charge in [0.2, 0.25) is 0 Å². The monoisotopic (exact) mass is 370 g/mol. The maximum atomic E-state index is 8.90. The second-order valence-electron chi connectivity index (χ2n) is 7.03. The summed E-state index contributed by atoms with van der Waals surface area (Å²) < 4.78 is 2.32. The zero-order valence-electron chi connectivity index (χ0n) is 15.8. The molecule has 0 spiro atoms. The minimum Gasteiger partial charge on any atom is -0.309 e. The molecular formula is C27H18N2. The van der Waals surface area contributed by atoms with Crippen LogP contribution in [0.3, 0.4) is 0 Å². The molecule has 2 nitrogen and oxygen atoms in total. The van der Waals surface area contributed by atoms with E-state index in [0.29, 0.717) is 5.56 Å². The molecule has 0 amide bonds. The van der Waals surface area contributed by atoms with Crippen molar-refractivity contribution >= 4 is 34.0 Å². The fourth-order valence-electron chi connectivity index (χ4n) is 3.80. The first-order valence-corrected chi connectivity index (χ1v) is 9.60. The summed E-state index contributed by atoms with van der Waals surface area (Å²) in [5, 5.41) is 11.4. The van der Waals surface area contributed by atoms with E-state index in [1.807, 2.05) is 24.3 Å². The molecule has 29 heavy (non-hydrogen) atoms. The smallest absolute Gasteiger partial charge is 0.0991 e. The Kier molecular flexibility index (Phi) is 4.20. The van der Waals surface area contributed by atoms with Crippen LogP contribution in [0.15, 0.2) is 97.1 Å². The van der Waals surface area contributed by atoms with Crippen LogP contribution in [-0.4, -0.2) is 4.57 Å². The van der Waals surface area contributed by atoms with E-state index in [9.17, 15) is 0 Å². The van der Waals surface area contributed by atoms with Gasteiger partial charge in [0.1, 0.15) is 0 Å². The van der Waals surface area contributed by atoms with E-state index in [4.69, 9.17) is 5.26 Å². The lowest BCUT2D eigenvalue weighted by atomic mass is 10.1. The maximum Gasteiger partial charge on any atom is 0.0991 e. The van der Waals surface area contributed by atoms with E-state index in [2.05, 4.69) is 95.6 Å². The number of fused-ring (bicyclic) bond motifs is 3. The molecule has 1 heterocycles. The maximum absolute atomic E-state index is 8.90. The van der Waals surface area contributed by atoms with E-state index in [-0.39, 0.29) is 0 Å². The summed E-state index contributed by atoms with van der Waals surface area (Å²) in [7, 11) is 0. The molecule has 0 fully saturated rings. The summed E-state index contributed by atoms with van der Waals surface area (Å²) in [4.78, 5) is 0. The lowest BCUT2D eigenvalue weighted by Gasteiger charge is -2.08. The molecule has 1 aromatic heterocycles. The molecule has 5 rings (SSSR count). The van der Waals surface area contributed by atoms with Gasteiger partial charge in [-0.15, -0.1) is 0 Å². The summed E-state index contributed by atoms with van der Waals surface area (Å²) in [5.41, 5.74) is 6.48. The molecule has 0 aliphatic rings. The van der Waals surface area contributed by atoms with E-state index >= 15 is 0 Å². The molecule has 136 valence electrons. The lowest BCUT2D eigenvalue weighted by molar-refractivity contribution is 1.18. The van der Waals surface area contributed by atoms with Crippen molar-refractivity contribution in [2.24, 2.45) is 0 Å². The average Bonchev–Trinajstić information content (AvgIpc) is 3.13. The van der Waals surface area contributed by atoms with Gasteiger partial charge in [-0.3, -0.25) is 0 Å². The highest BCUT2D eigenvalue weighted by atomic mass is 15.0. The number of hydrogen-bond acceptors (Lipinski definition) is 1. The van der Waals surface area contributed by atoms with Gasteiger partial charge in [-0.05, 0) is 47.5 Å². The predicted octanol–water partition coefficient (Wildman–Crippen LogP) is 6.83. The van der Waals surface area contributed by atoms with Gasteiger partial charge in [-0.2, -0.15) is 5.26 Å². The Hall–Kier alpha value is -4.09. The molecule has 0 N–H and O–H groups in total. The van der Waals surface area contributed by atoms with E-state index < -0.39 is 0 Å². The van der Waals surface area contributed by atoms with Crippen molar-refractivity contribution in [3.8, 4) is 11.8 Å². The SMILES string of the molecule is N#Cc1ccc(/C=C/c2ccc(-n3c4ccccc4c4ccccc43)cc2)cc1. The van der Waals surface area contributed by atoms with Crippen LogP contribution in [0, 0.1) is 11.3 Å². The molecule has 0 radical (unpaired) electrons. The Bertz CT molecular complexity index is 1330. The number of para-hydroxylation sites is 2. The number of hydrogen-bond donors (Lipinski definition) is 0. The van der Waals surface area contributed by atoms with Crippen molar-refractivity contribution in [1.29, 1.82) is 5.26 Å². The van der Waals surface area contributed by atoms with Gasteiger partial charge < -0.3 is 4.57 Å². The first-order valence-electron chi connectivity index (χ1n) is 9.60. The van der Waals surface area contributed by atoms with Crippen molar-refractivity contribution in [2.75, 3.05) is 0 Å². The lowest BCUT2D eigenvalue weighted by Crippen LogP contribution is -1.93. The number of aromatic nitrogens is 1. The minimum absolute atomic E-state index is 0.678. The summed E-state index contributed by atoms with van der Waals surface area (Å²) >= 11 is 0. The normalized spacial score (nSPS) is 11.3. The molecular weight excluding hydrogens is 352 g/mol. The second kappa shape index (κ2) is 7.14. The van der Waals surface area contributed by atoms with Crippen molar-refractivity contribution in [3.05, 3.63) is 114 Å². The van der Waals surface area contributed by atoms with Crippen molar-refractivity contribution < 1.29 is 0 Å². The van der Waals surface area contributed by atoms with Gasteiger partial charge in [-0.25, -0.2) is 0 Å². The van der Waals surface area contributed by atoms with Crippen LogP contribution >= 0.6 is 0 Å². The molecule has 2 heteroatoms. The fourth-order valence-corrected chi connectivity index (χ4v) is 3.80. The highest BCUT2D eigenvalue weighted by Gasteiger charge is 2.10. The van der Waals surface area contributed by atoms with Crippen LogP contribution in [0.5, 0.6) is 0 Å². The summed E-state index contributed by atoms with van der Waals surface area (Å²) in [5.74, 6) is 0. The first kappa shape index (κ1) is 17.0. The Balaban J connectivity index is 1.52. The summed E-state index contributed by atoms with van der Waals surface area (Å²) in [6.45, 7) is 0. The van der Waals surface area contributed by atoms with Crippen molar-refractivity contribution in [2.45, 2.75) is 0 Å². The first-order chi connectivity index (χ1) is 14.3. The third-order valence-electron chi connectivity index (χ3n) is 5.24. The standard InChI is InChI=1S/C27H18N2/c28-19-22-13-11-20(12-14-22)9-10-21-15-17-23(18-16-21)29-26-7-3-1-5-24(26)25-6-2-4-8-27(25)29/h1-18H/b10-9+. The summed E-state index contributed by atoms with van der Waals surface area (Å²) in [6, 6.07) is 35.4. The second-order valence-corrected chi connectivity index (χ2v) is 7.03. The quantitative estimate of drug-likeness (QED) is 0.320. The number of rotatable bonds is 3. The van der Waals surface area contributed by atoms with Crippen LogP contribution in [-0.2, 0) is 0 Å². The van der Waals surface area contributed by atoms with Crippen molar-refractivity contribution in [1.82, 2.24) is 4.57 Å². The van der Waals surface area contributed by atoms with Gasteiger partial charge in [0, 0.05) is 16.5 Å². The Morgan fingerprint density at radius 1 is 0.586 bits per heavy atom. The van der Waals surface area contributed by atoms with Gasteiger partial charge >= 0.3 is 0 Å². The van der Waals surface area contributed by atoms with E-state index in [0.717, 1.165) is 16.8 Å². The van der Waals surface area contributed by atoms with Gasteiger partial charge in [0.25, 0.3) is 0 Å². The van der Waals surface area contributed by atoms with E-state index in [1.165, 1.54) is 21.8 Å². The number of nitriles is 1. The van der Waals surface area contributed by atoms with Gasteiger partial charge in [-0.1, -0.05) is 72.8 Å². The zero-order chi connectivity index (χ0) is 19.6. The topological polar surface area (TPSA) is 28.7 Å². The molecule has 0 aliphatic heterocycles. The molecule has 0 aliphatic carbocycles. The van der Waals surface area contributed by atoms with Crippen LogP contribution in [0.4, 0.5) is 0 Å². The third-order valence-corrected chi connectivity index (χ3v) is 5.24. The molecule has 4 aromatic carbocycles. The van der Waals surface area contributed by atoms with Crippen LogP contribution in [0.25, 0.3) is 39.6 Å².